The van der Waals surface area contributed by atoms with Gasteiger partial charge in [-0.25, -0.2) is 0 Å². The van der Waals surface area contributed by atoms with Gasteiger partial charge >= 0.3 is 5.97 Å². The monoisotopic (exact) mass is 175 g/mol. The molecule has 0 heterocycles. The molecule has 0 saturated heterocycles. The molecule has 0 aromatic heterocycles. The Morgan fingerprint density at radius 3 is 2.42 bits per heavy atom. The molecule has 0 aliphatic carbocycles. The number of methoxy groups -OCH3 is 1. The number of carboxylic acid groups (broad SMARTS) is 1. The van der Waals surface area contributed by atoms with Crippen LogP contribution in [0.25, 0.3) is 0 Å². The Balaban J connectivity index is 4.11. The second-order valence-corrected chi connectivity index (χ2v) is 3.35. The molecule has 0 aliphatic rings. The van der Waals surface area contributed by atoms with Crippen LogP contribution in [0.15, 0.2) is 0 Å². The number of hydrogen-bond acceptors (Lipinski definition) is 3. The van der Waals surface area contributed by atoms with E-state index in [1.54, 1.807) is 14.2 Å². The second kappa shape index (κ2) is 4.42. The fourth-order valence-electron chi connectivity index (χ4n) is 0.888. The molecular formula is C8H17NO3. The molecule has 0 rings (SSSR count). The first-order chi connectivity index (χ1) is 5.43. The number of carbonyl (C=O) groups is 1. The third kappa shape index (κ3) is 3.69. The van der Waals surface area contributed by atoms with E-state index in [0.717, 1.165) is 0 Å². The van der Waals surface area contributed by atoms with Gasteiger partial charge in [0, 0.05) is 13.5 Å². The summed E-state index contributed by atoms with van der Waals surface area (Å²) < 4.78 is 5.12. The normalized spacial score (nSPS) is 14.3. The zero-order valence-corrected chi connectivity index (χ0v) is 8.05. The van der Waals surface area contributed by atoms with Crippen molar-refractivity contribution in [1.82, 2.24) is 5.32 Å². The van der Waals surface area contributed by atoms with Gasteiger partial charge < -0.3 is 15.2 Å². The quantitative estimate of drug-likeness (QED) is 0.638. The number of likely N-dealkylation sites (N-methyl/N-ethyl adjacent to an activating group) is 1. The molecule has 72 valence electrons. The second-order valence-electron chi connectivity index (χ2n) is 3.35. The fourth-order valence-corrected chi connectivity index (χ4v) is 0.888. The van der Waals surface area contributed by atoms with Crippen molar-refractivity contribution in [2.75, 3.05) is 14.2 Å². The Labute approximate surface area is 72.9 Å². The van der Waals surface area contributed by atoms with Crippen molar-refractivity contribution in [2.24, 2.45) is 0 Å². The highest BCUT2D eigenvalue weighted by molar-refractivity contribution is 5.73. The van der Waals surface area contributed by atoms with E-state index in [0.29, 0.717) is 6.42 Å². The summed E-state index contributed by atoms with van der Waals surface area (Å²) in [5.74, 6) is -0.845. The Bertz CT molecular complexity index is 156. The molecule has 0 spiro atoms. The summed E-state index contributed by atoms with van der Waals surface area (Å²) in [6, 6.07) is -0.542. The standard InChI is InChI=1S/C8H17NO3/c1-8(2,12-4)5-6(9-3)7(10)11/h6,9H,5H2,1-4H3,(H,10,11). The Morgan fingerprint density at radius 2 is 2.17 bits per heavy atom. The lowest BCUT2D eigenvalue weighted by Crippen LogP contribution is -2.41. The summed E-state index contributed by atoms with van der Waals surface area (Å²) >= 11 is 0. The van der Waals surface area contributed by atoms with E-state index in [1.165, 1.54) is 0 Å². The number of aliphatic carboxylic acids is 1. The van der Waals surface area contributed by atoms with E-state index in [9.17, 15) is 4.79 Å². The van der Waals surface area contributed by atoms with Crippen LogP contribution in [0.1, 0.15) is 20.3 Å². The van der Waals surface area contributed by atoms with Crippen LogP contribution in [-0.4, -0.2) is 36.9 Å². The number of ether oxygens (including phenoxy) is 1. The lowest BCUT2D eigenvalue weighted by molar-refractivity contribution is -0.141. The van der Waals surface area contributed by atoms with Crippen LogP contribution < -0.4 is 5.32 Å². The molecule has 4 heteroatoms. The van der Waals surface area contributed by atoms with Crippen LogP contribution in [0, 0.1) is 0 Å². The van der Waals surface area contributed by atoms with Crippen LogP contribution in [0.3, 0.4) is 0 Å². The van der Waals surface area contributed by atoms with Gasteiger partial charge in [-0.15, -0.1) is 0 Å². The molecule has 0 amide bonds. The van der Waals surface area contributed by atoms with Crippen molar-refractivity contribution in [3.63, 3.8) is 0 Å². The highest BCUT2D eigenvalue weighted by Gasteiger charge is 2.26. The Morgan fingerprint density at radius 1 is 1.67 bits per heavy atom. The highest BCUT2D eigenvalue weighted by atomic mass is 16.5. The molecule has 1 atom stereocenters. The van der Waals surface area contributed by atoms with Gasteiger partial charge in [-0.2, -0.15) is 0 Å². The van der Waals surface area contributed by atoms with Gasteiger partial charge in [0.2, 0.25) is 0 Å². The van der Waals surface area contributed by atoms with Gasteiger partial charge in [-0.1, -0.05) is 0 Å². The summed E-state index contributed by atoms with van der Waals surface area (Å²) in [7, 11) is 3.21. The summed E-state index contributed by atoms with van der Waals surface area (Å²) in [5, 5.41) is 11.4. The van der Waals surface area contributed by atoms with Crippen molar-refractivity contribution in [3.8, 4) is 0 Å². The fraction of sp³-hybridized carbons (Fsp3) is 0.875. The molecule has 0 aromatic rings. The van der Waals surface area contributed by atoms with Crippen molar-refractivity contribution >= 4 is 5.97 Å². The van der Waals surface area contributed by atoms with Crippen LogP contribution in [-0.2, 0) is 9.53 Å². The first-order valence-corrected chi connectivity index (χ1v) is 3.88. The molecule has 0 aromatic carbocycles. The topological polar surface area (TPSA) is 58.6 Å². The number of rotatable bonds is 5. The maximum Gasteiger partial charge on any atom is 0.320 e. The summed E-state index contributed by atoms with van der Waals surface area (Å²) in [4.78, 5) is 10.6. The van der Waals surface area contributed by atoms with E-state index in [-0.39, 0.29) is 0 Å². The van der Waals surface area contributed by atoms with E-state index in [2.05, 4.69) is 5.32 Å². The van der Waals surface area contributed by atoms with Crippen molar-refractivity contribution in [3.05, 3.63) is 0 Å². The zero-order valence-electron chi connectivity index (χ0n) is 8.05. The smallest absolute Gasteiger partial charge is 0.320 e. The van der Waals surface area contributed by atoms with Crippen LogP contribution in [0.2, 0.25) is 0 Å². The molecule has 0 saturated carbocycles. The van der Waals surface area contributed by atoms with E-state index < -0.39 is 17.6 Å². The zero-order chi connectivity index (χ0) is 9.78. The maximum absolute atomic E-state index is 10.6. The minimum Gasteiger partial charge on any atom is -0.480 e. The number of nitrogens with one attached hydrogen (secondary N) is 1. The van der Waals surface area contributed by atoms with Gasteiger partial charge in [0.1, 0.15) is 6.04 Å². The van der Waals surface area contributed by atoms with E-state index in [1.807, 2.05) is 13.8 Å². The Hall–Kier alpha value is -0.610. The summed E-state index contributed by atoms with van der Waals surface area (Å²) in [6.07, 6.45) is 0.454. The van der Waals surface area contributed by atoms with Crippen molar-refractivity contribution in [2.45, 2.75) is 31.9 Å². The lowest BCUT2D eigenvalue weighted by Gasteiger charge is -2.26. The van der Waals surface area contributed by atoms with Crippen LogP contribution in [0.5, 0.6) is 0 Å². The van der Waals surface area contributed by atoms with Crippen molar-refractivity contribution < 1.29 is 14.6 Å². The molecule has 0 aliphatic heterocycles. The van der Waals surface area contributed by atoms with Crippen LogP contribution >= 0.6 is 0 Å². The van der Waals surface area contributed by atoms with Gasteiger partial charge in [-0.05, 0) is 20.9 Å². The largest absolute Gasteiger partial charge is 0.480 e. The molecule has 1 unspecified atom stereocenters. The molecule has 0 bridgehead atoms. The molecule has 0 fully saturated rings. The highest BCUT2D eigenvalue weighted by Crippen LogP contribution is 2.15. The minimum absolute atomic E-state index is 0.397. The van der Waals surface area contributed by atoms with E-state index >= 15 is 0 Å². The molecule has 12 heavy (non-hydrogen) atoms. The minimum atomic E-state index is -0.845. The number of carboxylic acids is 1. The maximum atomic E-state index is 10.6. The average molecular weight is 175 g/mol. The van der Waals surface area contributed by atoms with E-state index in [4.69, 9.17) is 9.84 Å². The van der Waals surface area contributed by atoms with Gasteiger partial charge in [-0.3, -0.25) is 4.79 Å². The predicted octanol–water partition coefficient (Wildman–Crippen LogP) is 0.474. The SMILES string of the molecule is CNC(CC(C)(C)OC)C(=O)O. The first-order valence-electron chi connectivity index (χ1n) is 3.88. The predicted molar refractivity (Wildman–Crippen MR) is 46.2 cm³/mol. The van der Waals surface area contributed by atoms with Gasteiger partial charge in [0.05, 0.1) is 5.60 Å². The Kier molecular flexibility index (Phi) is 4.20. The molecular weight excluding hydrogens is 158 g/mol. The molecule has 0 radical (unpaired) electrons. The van der Waals surface area contributed by atoms with Crippen molar-refractivity contribution in [1.29, 1.82) is 0 Å². The lowest BCUT2D eigenvalue weighted by atomic mass is 9.99. The number of hydrogen-bond donors (Lipinski definition) is 2. The third-order valence-corrected chi connectivity index (χ3v) is 1.89. The molecule has 4 nitrogen and oxygen atoms in total. The third-order valence-electron chi connectivity index (χ3n) is 1.89. The van der Waals surface area contributed by atoms with Crippen LogP contribution in [0.4, 0.5) is 0 Å². The summed E-state index contributed by atoms with van der Waals surface area (Å²) in [5.41, 5.74) is -0.397. The van der Waals surface area contributed by atoms with Gasteiger partial charge in [0.15, 0.2) is 0 Å². The first kappa shape index (κ1) is 11.4. The molecule has 2 N–H and O–H groups in total. The van der Waals surface area contributed by atoms with Gasteiger partial charge in [0.25, 0.3) is 0 Å². The average Bonchev–Trinajstić information content (AvgIpc) is 2.00. The summed E-state index contributed by atoms with van der Waals surface area (Å²) in [6.45, 7) is 3.72.